The van der Waals surface area contributed by atoms with Crippen molar-refractivity contribution in [3.63, 3.8) is 0 Å². The summed E-state index contributed by atoms with van der Waals surface area (Å²) in [7, 11) is 0. The molecule has 0 saturated heterocycles. The number of thioether (sulfide) groups is 1. The van der Waals surface area contributed by atoms with Gasteiger partial charge < -0.3 is 5.73 Å². The molecule has 4 N–H and O–H groups in total. The van der Waals surface area contributed by atoms with Crippen molar-refractivity contribution in [3.05, 3.63) is 100 Å². The predicted octanol–water partition coefficient (Wildman–Crippen LogP) is 7.53. The fourth-order valence-electron chi connectivity index (χ4n) is 3.93. The van der Waals surface area contributed by atoms with Crippen molar-refractivity contribution in [2.45, 2.75) is 18.0 Å². The molecule has 0 unspecified atom stereocenters. The van der Waals surface area contributed by atoms with Gasteiger partial charge >= 0.3 is 6.18 Å². The molecule has 3 aromatic carbocycles. The third-order valence-electron chi connectivity index (χ3n) is 5.70. The van der Waals surface area contributed by atoms with E-state index >= 15 is 0 Å². The molecule has 0 bridgehead atoms. The van der Waals surface area contributed by atoms with Crippen molar-refractivity contribution in [1.29, 1.82) is 0 Å². The monoisotopic (exact) mass is 563 g/mol. The van der Waals surface area contributed by atoms with E-state index < -0.39 is 17.0 Å². The number of hydrazine groups is 1. The third-order valence-corrected chi connectivity index (χ3v) is 7.02. The van der Waals surface area contributed by atoms with Crippen molar-refractivity contribution >= 4 is 46.3 Å². The molecule has 0 atom stereocenters. The Morgan fingerprint density at radius 2 is 1.70 bits per heavy atom. The SMILES string of the molecule is CSc1cccc(-c2ccc(-n3c(C)nc(C(F)(F)F)c3Cl)c(/C(=C/N)N(N)c3ccc(Cl)cc3)c2)c1. The highest BCUT2D eigenvalue weighted by molar-refractivity contribution is 7.98. The van der Waals surface area contributed by atoms with Crippen LogP contribution in [0.25, 0.3) is 22.5 Å². The van der Waals surface area contributed by atoms with Crippen LogP contribution in [0.3, 0.4) is 0 Å². The van der Waals surface area contributed by atoms with Crippen LogP contribution in [0.15, 0.2) is 77.8 Å². The first-order valence-electron chi connectivity index (χ1n) is 10.9. The molecule has 5 nitrogen and oxygen atoms in total. The summed E-state index contributed by atoms with van der Waals surface area (Å²) in [6, 6.07) is 19.9. The first-order chi connectivity index (χ1) is 17.5. The van der Waals surface area contributed by atoms with Crippen LogP contribution < -0.4 is 16.6 Å². The Morgan fingerprint density at radius 1 is 1.03 bits per heavy atom. The number of aryl methyl sites for hydroxylation is 1. The van der Waals surface area contributed by atoms with Crippen LogP contribution >= 0.6 is 35.0 Å². The molecular formula is C26H22Cl2F3N5S. The standard InChI is InChI=1S/C26H22Cl2F3N5S/c1-15-34-24(26(29,30)31)25(28)35(15)22-11-6-17(16-4-3-5-20(12-16)37-2)13-21(22)23(14-32)36(33)19-9-7-18(27)8-10-19/h3-14H,32-33H2,1-2H3/b23-14-. The van der Waals surface area contributed by atoms with E-state index in [4.69, 9.17) is 34.8 Å². The summed E-state index contributed by atoms with van der Waals surface area (Å²) in [6.07, 6.45) is -1.45. The minimum atomic E-state index is -4.72. The average Bonchev–Trinajstić information content (AvgIpc) is 3.19. The lowest BCUT2D eigenvalue weighted by molar-refractivity contribution is -0.140. The minimum Gasteiger partial charge on any atom is -0.403 e. The molecule has 11 heteroatoms. The number of aromatic nitrogens is 2. The maximum Gasteiger partial charge on any atom is 0.436 e. The number of hydrogen-bond donors (Lipinski definition) is 2. The first-order valence-corrected chi connectivity index (χ1v) is 12.9. The Labute approximate surface area is 226 Å². The molecule has 1 aromatic heterocycles. The van der Waals surface area contributed by atoms with Crippen molar-refractivity contribution < 1.29 is 13.2 Å². The zero-order valence-corrected chi connectivity index (χ0v) is 22.1. The van der Waals surface area contributed by atoms with E-state index in [0.717, 1.165) is 16.0 Å². The van der Waals surface area contributed by atoms with Gasteiger partial charge in [0.2, 0.25) is 0 Å². The number of anilines is 1. The molecular weight excluding hydrogens is 542 g/mol. The van der Waals surface area contributed by atoms with Crippen LogP contribution in [-0.2, 0) is 6.18 Å². The maximum absolute atomic E-state index is 13.6. The highest BCUT2D eigenvalue weighted by Gasteiger charge is 2.38. The lowest BCUT2D eigenvalue weighted by Crippen LogP contribution is -2.30. The van der Waals surface area contributed by atoms with Gasteiger partial charge in [0, 0.05) is 21.7 Å². The van der Waals surface area contributed by atoms with Crippen molar-refractivity contribution in [2.75, 3.05) is 11.3 Å². The van der Waals surface area contributed by atoms with Gasteiger partial charge in [0.05, 0.1) is 17.1 Å². The second-order valence-corrected chi connectivity index (χ2v) is 9.67. The second-order valence-electron chi connectivity index (χ2n) is 7.99. The van der Waals surface area contributed by atoms with Gasteiger partial charge in [-0.25, -0.2) is 10.8 Å². The topological polar surface area (TPSA) is 73.1 Å². The predicted molar refractivity (Wildman–Crippen MR) is 146 cm³/mol. The largest absolute Gasteiger partial charge is 0.436 e. The summed E-state index contributed by atoms with van der Waals surface area (Å²) in [5, 5.41) is 1.30. The molecule has 1 heterocycles. The summed E-state index contributed by atoms with van der Waals surface area (Å²) in [5.41, 5.74) is 8.27. The molecule has 0 amide bonds. The summed E-state index contributed by atoms with van der Waals surface area (Å²) in [5.74, 6) is 6.52. The van der Waals surface area contributed by atoms with Gasteiger partial charge in [0.1, 0.15) is 11.0 Å². The van der Waals surface area contributed by atoms with E-state index in [1.165, 1.54) is 22.7 Å². The summed E-state index contributed by atoms with van der Waals surface area (Å²) in [4.78, 5) is 4.75. The molecule has 4 aromatic rings. The summed E-state index contributed by atoms with van der Waals surface area (Å²) >= 11 is 13.9. The minimum absolute atomic E-state index is 0.0575. The van der Waals surface area contributed by atoms with Crippen LogP contribution in [-0.4, -0.2) is 15.8 Å². The van der Waals surface area contributed by atoms with Crippen LogP contribution in [0.1, 0.15) is 17.1 Å². The van der Waals surface area contributed by atoms with E-state index in [1.807, 2.05) is 36.6 Å². The molecule has 192 valence electrons. The van der Waals surface area contributed by atoms with Crippen molar-refractivity contribution in [2.24, 2.45) is 11.6 Å². The van der Waals surface area contributed by atoms with Gasteiger partial charge in [0.25, 0.3) is 0 Å². The molecule has 4 rings (SSSR count). The number of hydrogen-bond acceptors (Lipinski definition) is 5. The van der Waals surface area contributed by atoms with Crippen LogP contribution in [0.2, 0.25) is 10.2 Å². The van der Waals surface area contributed by atoms with Crippen molar-refractivity contribution in [3.8, 4) is 16.8 Å². The molecule has 0 fully saturated rings. The Hall–Kier alpha value is -3.11. The van der Waals surface area contributed by atoms with E-state index in [0.29, 0.717) is 27.7 Å². The van der Waals surface area contributed by atoms with Gasteiger partial charge in [-0.05, 0) is 72.8 Å². The Kier molecular flexibility index (Phi) is 7.80. The Bertz CT molecular complexity index is 1470. The summed E-state index contributed by atoms with van der Waals surface area (Å²) < 4.78 is 42.0. The van der Waals surface area contributed by atoms with Gasteiger partial charge in [-0.15, -0.1) is 11.8 Å². The maximum atomic E-state index is 13.6. The number of nitrogens with zero attached hydrogens (tertiary/aromatic N) is 3. The fraction of sp³-hybridized carbons (Fsp3) is 0.115. The Balaban J connectivity index is 1.96. The first kappa shape index (κ1) is 26.9. The number of imidazole rings is 1. The lowest BCUT2D eigenvalue weighted by atomic mass is 9.99. The van der Waals surface area contributed by atoms with E-state index in [2.05, 4.69) is 4.98 Å². The molecule has 37 heavy (non-hydrogen) atoms. The highest BCUT2D eigenvalue weighted by atomic mass is 35.5. The van der Waals surface area contributed by atoms with Gasteiger partial charge in [-0.2, -0.15) is 13.2 Å². The van der Waals surface area contributed by atoms with Crippen LogP contribution in [0, 0.1) is 6.92 Å². The zero-order chi connectivity index (χ0) is 26.9. The smallest absolute Gasteiger partial charge is 0.403 e. The van der Waals surface area contributed by atoms with E-state index in [1.54, 1.807) is 48.2 Å². The number of halogens is 5. The molecule has 0 radical (unpaired) electrons. The van der Waals surface area contributed by atoms with Gasteiger partial charge in [0.15, 0.2) is 5.69 Å². The molecule has 0 aliphatic heterocycles. The Morgan fingerprint density at radius 3 is 2.30 bits per heavy atom. The summed E-state index contributed by atoms with van der Waals surface area (Å²) in [6.45, 7) is 1.45. The fourth-order valence-corrected chi connectivity index (χ4v) is 4.87. The van der Waals surface area contributed by atoms with E-state index in [9.17, 15) is 13.2 Å². The average molecular weight is 564 g/mol. The van der Waals surface area contributed by atoms with Gasteiger partial charge in [-0.1, -0.05) is 41.4 Å². The normalized spacial score (nSPS) is 12.2. The lowest BCUT2D eigenvalue weighted by Gasteiger charge is -2.25. The second kappa shape index (κ2) is 10.7. The molecule has 0 aliphatic rings. The number of alkyl halides is 3. The number of benzene rings is 3. The number of nitrogens with two attached hydrogens (primary N) is 2. The molecule has 0 spiro atoms. The molecule has 0 aliphatic carbocycles. The third kappa shape index (κ3) is 5.45. The van der Waals surface area contributed by atoms with E-state index in [-0.39, 0.29) is 5.82 Å². The zero-order valence-electron chi connectivity index (χ0n) is 19.7. The van der Waals surface area contributed by atoms with Crippen molar-refractivity contribution in [1.82, 2.24) is 9.55 Å². The van der Waals surface area contributed by atoms with Crippen LogP contribution in [0.4, 0.5) is 18.9 Å². The number of rotatable bonds is 6. The van der Waals surface area contributed by atoms with Crippen LogP contribution in [0.5, 0.6) is 0 Å². The molecule has 0 saturated carbocycles. The quantitative estimate of drug-likeness (QED) is 0.144. The van der Waals surface area contributed by atoms with Gasteiger partial charge in [-0.3, -0.25) is 9.58 Å². The highest BCUT2D eigenvalue weighted by Crippen LogP contribution is 2.39.